The number of hydrogen-bond donors (Lipinski definition) is 0. The fourth-order valence-corrected chi connectivity index (χ4v) is 2.60. The van der Waals surface area contributed by atoms with E-state index in [1.165, 1.54) is 25.5 Å². The van der Waals surface area contributed by atoms with E-state index in [9.17, 15) is 4.79 Å². The summed E-state index contributed by atoms with van der Waals surface area (Å²) in [7, 11) is 0. The third-order valence-corrected chi connectivity index (χ3v) is 3.11. The maximum atomic E-state index is 10.8. The number of nitrogens with zero attached hydrogens (tertiary/aromatic N) is 2. The molecule has 0 fully saturated rings. The number of carbonyl (C=O) groups excluding carboxylic acids is 1. The lowest BCUT2D eigenvalue weighted by Crippen LogP contribution is -2.21. The topological polar surface area (TPSA) is 34.4 Å². The van der Waals surface area contributed by atoms with Gasteiger partial charge in [-0.05, 0) is 19.3 Å². The van der Waals surface area contributed by atoms with E-state index < -0.39 is 0 Å². The molecule has 2 heterocycles. The van der Waals surface area contributed by atoms with Crippen LogP contribution in [0.5, 0.6) is 0 Å². The van der Waals surface area contributed by atoms with Crippen molar-refractivity contribution in [2.24, 2.45) is 4.99 Å². The Kier molecular flexibility index (Phi) is 2.31. The van der Waals surface area contributed by atoms with Crippen LogP contribution in [0.15, 0.2) is 10.4 Å². The van der Waals surface area contributed by atoms with Crippen LogP contribution in [0, 0.1) is 0 Å². The summed E-state index contributed by atoms with van der Waals surface area (Å²) in [5.74, 6) is -0.109. The molecule has 3 nitrogen and oxygen atoms in total. The van der Waals surface area contributed by atoms with E-state index in [1.807, 2.05) is 0 Å². The summed E-state index contributed by atoms with van der Waals surface area (Å²) in [6, 6.07) is 0. The minimum atomic E-state index is -0.109. The molecule has 4 heteroatoms. The number of aryl methyl sites for hydroxylation is 1. The molecule has 70 valence electrons. The standard InChI is InChI=1S/C9H12N2OS/c1-7(12)10-9-11-5-3-2-4-8(11)6-13-9/h6H,2-5H2,1H3/b10-9-. The molecule has 1 amide bonds. The number of fused-ring (bicyclic) bond motifs is 1. The molecule has 0 aromatic carbocycles. The fraction of sp³-hybridized carbons (Fsp3) is 0.556. The SMILES string of the molecule is CC(=O)/N=c1\scc2n1CCCC2. The highest BCUT2D eigenvalue weighted by Gasteiger charge is 2.09. The van der Waals surface area contributed by atoms with E-state index >= 15 is 0 Å². The molecule has 0 bridgehead atoms. The maximum absolute atomic E-state index is 10.8. The Labute approximate surface area is 80.7 Å². The van der Waals surface area contributed by atoms with Crippen LogP contribution in [0.25, 0.3) is 0 Å². The number of thiazole rings is 1. The second-order valence-corrected chi connectivity index (χ2v) is 4.09. The summed E-state index contributed by atoms with van der Waals surface area (Å²) in [6.45, 7) is 2.51. The lowest BCUT2D eigenvalue weighted by atomic mass is 10.1. The Hall–Kier alpha value is -0.900. The first-order valence-corrected chi connectivity index (χ1v) is 5.38. The van der Waals surface area contributed by atoms with Crippen LogP contribution in [-0.2, 0) is 17.8 Å². The van der Waals surface area contributed by atoms with Crippen molar-refractivity contribution in [3.8, 4) is 0 Å². The second-order valence-electron chi connectivity index (χ2n) is 3.25. The Morgan fingerprint density at radius 3 is 3.23 bits per heavy atom. The van der Waals surface area contributed by atoms with Crippen molar-refractivity contribution < 1.29 is 4.79 Å². The number of hydrogen-bond acceptors (Lipinski definition) is 2. The normalized spacial score (nSPS) is 17.2. The molecule has 1 aromatic rings. The predicted octanol–water partition coefficient (Wildman–Crippen LogP) is 1.33. The number of carbonyl (C=O) groups is 1. The van der Waals surface area contributed by atoms with Gasteiger partial charge in [0.05, 0.1) is 0 Å². The number of aromatic nitrogens is 1. The molecule has 2 rings (SSSR count). The third kappa shape index (κ3) is 1.72. The summed E-state index contributed by atoms with van der Waals surface area (Å²) in [6.07, 6.45) is 3.59. The molecule has 0 unspecified atom stereocenters. The highest BCUT2D eigenvalue weighted by molar-refractivity contribution is 7.07. The van der Waals surface area contributed by atoms with Crippen LogP contribution >= 0.6 is 11.3 Å². The average Bonchev–Trinajstić information content (AvgIpc) is 2.48. The quantitative estimate of drug-likeness (QED) is 0.616. The number of rotatable bonds is 0. The molecule has 0 saturated carbocycles. The zero-order chi connectivity index (χ0) is 9.26. The van der Waals surface area contributed by atoms with E-state index in [4.69, 9.17) is 0 Å². The summed E-state index contributed by atoms with van der Waals surface area (Å²) in [5, 5.41) is 2.11. The van der Waals surface area contributed by atoms with Crippen LogP contribution in [0.3, 0.4) is 0 Å². The predicted molar refractivity (Wildman–Crippen MR) is 51.5 cm³/mol. The summed E-state index contributed by atoms with van der Waals surface area (Å²) in [4.78, 5) is 15.7. The molecule has 0 atom stereocenters. The van der Waals surface area contributed by atoms with Crippen molar-refractivity contribution in [2.45, 2.75) is 32.7 Å². The molecular formula is C9H12N2OS. The van der Waals surface area contributed by atoms with Gasteiger partial charge in [0.15, 0.2) is 4.80 Å². The Bertz CT molecular complexity index is 389. The second kappa shape index (κ2) is 3.46. The van der Waals surface area contributed by atoms with Crippen molar-refractivity contribution in [1.29, 1.82) is 0 Å². The van der Waals surface area contributed by atoms with Gasteiger partial charge >= 0.3 is 0 Å². The molecule has 0 N–H and O–H groups in total. The van der Waals surface area contributed by atoms with Gasteiger partial charge in [0, 0.05) is 24.5 Å². The Morgan fingerprint density at radius 2 is 2.46 bits per heavy atom. The molecule has 1 aromatic heterocycles. The van der Waals surface area contributed by atoms with Crippen molar-refractivity contribution in [3.05, 3.63) is 15.9 Å². The fourth-order valence-electron chi connectivity index (χ4n) is 1.60. The van der Waals surface area contributed by atoms with Crippen LogP contribution in [-0.4, -0.2) is 10.5 Å². The van der Waals surface area contributed by atoms with Gasteiger partial charge in [0.1, 0.15) is 0 Å². The molecule has 1 aliphatic rings. The molecule has 13 heavy (non-hydrogen) atoms. The molecule has 0 radical (unpaired) electrons. The van der Waals surface area contributed by atoms with Gasteiger partial charge in [0.25, 0.3) is 0 Å². The van der Waals surface area contributed by atoms with Crippen molar-refractivity contribution in [1.82, 2.24) is 4.57 Å². The third-order valence-electron chi connectivity index (χ3n) is 2.20. The van der Waals surface area contributed by atoms with Gasteiger partial charge in [-0.25, -0.2) is 0 Å². The van der Waals surface area contributed by atoms with E-state index in [-0.39, 0.29) is 5.91 Å². The largest absolute Gasteiger partial charge is 0.321 e. The molecule has 0 spiro atoms. The van der Waals surface area contributed by atoms with E-state index in [0.717, 1.165) is 17.8 Å². The summed E-state index contributed by atoms with van der Waals surface area (Å²) >= 11 is 1.57. The van der Waals surface area contributed by atoms with Gasteiger partial charge in [-0.1, -0.05) is 0 Å². The van der Waals surface area contributed by atoms with Crippen LogP contribution in [0.4, 0.5) is 0 Å². The highest BCUT2D eigenvalue weighted by Crippen LogP contribution is 2.13. The van der Waals surface area contributed by atoms with Crippen molar-refractivity contribution in [3.63, 3.8) is 0 Å². The first-order valence-electron chi connectivity index (χ1n) is 4.50. The zero-order valence-corrected chi connectivity index (χ0v) is 8.43. The summed E-state index contributed by atoms with van der Waals surface area (Å²) < 4.78 is 2.16. The monoisotopic (exact) mass is 196 g/mol. The molecule has 0 aliphatic carbocycles. The Balaban J connectivity index is 2.48. The maximum Gasteiger partial charge on any atom is 0.245 e. The Morgan fingerprint density at radius 1 is 1.62 bits per heavy atom. The average molecular weight is 196 g/mol. The van der Waals surface area contributed by atoms with E-state index in [0.29, 0.717) is 0 Å². The first-order chi connectivity index (χ1) is 6.27. The van der Waals surface area contributed by atoms with Crippen molar-refractivity contribution >= 4 is 17.2 Å². The number of amides is 1. The van der Waals surface area contributed by atoms with Crippen molar-refractivity contribution in [2.75, 3.05) is 0 Å². The smallest absolute Gasteiger partial charge is 0.245 e. The van der Waals surface area contributed by atoms with Crippen LogP contribution in [0.1, 0.15) is 25.5 Å². The van der Waals surface area contributed by atoms with Gasteiger partial charge in [-0.15, -0.1) is 11.3 Å². The molecule has 0 saturated heterocycles. The molecular weight excluding hydrogens is 184 g/mol. The first kappa shape index (κ1) is 8.69. The molecule has 1 aliphatic heterocycles. The van der Waals surface area contributed by atoms with E-state index in [2.05, 4.69) is 14.9 Å². The van der Waals surface area contributed by atoms with Crippen LogP contribution in [0.2, 0.25) is 0 Å². The lowest BCUT2D eigenvalue weighted by Gasteiger charge is -2.13. The minimum Gasteiger partial charge on any atom is -0.321 e. The van der Waals surface area contributed by atoms with Gasteiger partial charge in [0.2, 0.25) is 5.91 Å². The van der Waals surface area contributed by atoms with Crippen LogP contribution < -0.4 is 4.80 Å². The zero-order valence-electron chi connectivity index (χ0n) is 7.62. The van der Waals surface area contributed by atoms with E-state index in [1.54, 1.807) is 11.3 Å². The minimum absolute atomic E-state index is 0.109. The van der Waals surface area contributed by atoms with Gasteiger partial charge < -0.3 is 4.57 Å². The van der Waals surface area contributed by atoms with Gasteiger partial charge in [-0.3, -0.25) is 4.79 Å². The highest BCUT2D eigenvalue weighted by atomic mass is 32.1. The lowest BCUT2D eigenvalue weighted by molar-refractivity contribution is -0.116. The van der Waals surface area contributed by atoms with Gasteiger partial charge in [-0.2, -0.15) is 4.99 Å². The summed E-state index contributed by atoms with van der Waals surface area (Å²) in [5.41, 5.74) is 1.33.